The lowest BCUT2D eigenvalue weighted by Crippen LogP contribution is -1.99. The molecule has 0 spiro atoms. The molecule has 0 aliphatic rings. The van der Waals surface area contributed by atoms with E-state index in [9.17, 15) is 4.39 Å². The van der Waals surface area contributed by atoms with Crippen molar-refractivity contribution in [3.8, 4) is 0 Å². The van der Waals surface area contributed by atoms with Crippen LogP contribution in [0, 0.1) is 5.82 Å². The third-order valence-corrected chi connectivity index (χ3v) is 2.88. The van der Waals surface area contributed by atoms with Gasteiger partial charge in [0.1, 0.15) is 5.82 Å². The average molecular weight is 226 g/mol. The molecule has 0 heterocycles. The van der Waals surface area contributed by atoms with Crippen molar-refractivity contribution in [1.29, 1.82) is 0 Å². The minimum atomic E-state index is -0.195. The molecule has 2 aromatic carbocycles. The van der Waals surface area contributed by atoms with E-state index in [1.54, 1.807) is 0 Å². The van der Waals surface area contributed by atoms with Crippen LogP contribution in [0.1, 0.15) is 23.5 Å². The first-order chi connectivity index (χ1) is 8.31. The van der Waals surface area contributed by atoms with E-state index in [1.165, 1.54) is 17.7 Å². The van der Waals surface area contributed by atoms with Crippen LogP contribution in [0.5, 0.6) is 0 Å². The summed E-state index contributed by atoms with van der Waals surface area (Å²) in [5.41, 5.74) is 2.36. The van der Waals surface area contributed by atoms with Crippen molar-refractivity contribution in [2.75, 3.05) is 0 Å². The summed E-state index contributed by atoms with van der Waals surface area (Å²) in [7, 11) is 0. The Labute approximate surface area is 101 Å². The smallest absolute Gasteiger partial charge is 0.123 e. The van der Waals surface area contributed by atoms with Gasteiger partial charge in [0.05, 0.1) is 0 Å². The summed E-state index contributed by atoms with van der Waals surface area (Å²) in [5.74, 6) is 0.0634. The van der Waals surface area contributed by atoms with Gasteiger partial charge >= 0.3 is 0 Å². The molecule has 0 bridgehead atoms. The van der Waals surface area contributed by atoms with Gasteiger partial charge in [-0.3, -0.25) is 0 Å². The van der Waals surface area contributed by atoms with Crippen molar-refractivity contribution < 1.29 is 4.39 Å². The van der Waals surface area contributed by atoms with E-state index in [-0.39, 0.29) is 11.7 Å². The highest BCUT2D eigenvalue weighted by molar-refractivity contribution is 5.33. The molecule has 0 nitrogen and oxygen atoms in total. The fourth-order valence-corrected chi connectivity index (χ4v) is 2.01. The molecule has 0 radical (unpaired) electrons. The van der Waals surface area contributed by atoms with Gasteiger partial charge < -0.3 is 0 Å². The second-order valence-corrected chi connectivity index (χ2v) is 4.04. The zero-order valence-electron chi connectivity index (χ0n) is 9.64. The summed E-state index contributed by atoms with van der Waals surface area (Å²) < 4.78 is 12.9. The standard InChI is InChI=1S/C16H15F/c1-2-6-16(13-7-4-3-5-8-13)14-9-11-15(17)12-10-14/h2-5,7-12,16H,1,6H2. The topological polar surface area (TPSA) is 0 Å². The van der Waals surface area contributed by atoms with Crippen molar-refractivity contribution in [2.45, 2.75) is 12.3 Å². The fraction of sp³-hybridized carbons (Fsp3) is 0.125. The molecule has 2 rings (SSSR count). The number of rotatable bonds is 4. The summed E-state index contributed by atoms with van der Waals surface area (Å²) in [5, 5.41) is 0. The zero-order chi connectivity index (χ0) is 12.1. The minimum Gasteiger partial charge on any atom is -0.207 e. The van der Waals surface area contributed by atoms with Gasteiger partial charge in [0.25, 0.3) is 0 Å². The number of allylic oxidation sites excluding steroid dienone is 1. The molecule has 17 heavy (non-hydrogen) atoms. The van der Waals surface area contributed by atoms with Crippen molar-refractivity contribution >= 4 is 0 Å². The quantitative estimate of drug-likeness (QED) is 0.672. The van der Waals surface area contributed by atoms with Crippen LogP contribution in [0.2, 0.25) is 0 Å². The summed E-state index contributed by atoms with van der Waals surface area (Å²) in [4.78, 5) is 0. The summed E-state index contributed by atoms with van der Waals surface area (Å²) in [6.45, 7) is 3.79. The van der Waals surface area contributed by atoms with Crippen LogP contribution in [0.3, 0.4) is 0 Å². The number of hydrogen-bond donors (Lipinski definition) is 0. The number of hydrogen-bond acceptors (Lipinski definition) is 0. The predicted molar refractivity (Wildman–Crippen MR) is 69.5 cm³/mol. The van der Waals surface area contributed by atoms with E-state index in [0.717, 1.165) is 12.0 Å². The van der Waals surface area contributed by atoms with Crippen LogP contribution in [-0.2, 0) is 0 Å². The highest BCUT2D eigenvalue weighted by atomic mass is 19.1. The third-order valence-electron chi connectivity index (χ3n) is 2.88. The maximum absolute atomic E-state index is 12.9. The molecule has 0 aromatic heterocycles. The van der Waals surface area contributed by atoms with Gasteiger partial charge in [-0.05, 0) is 29.7 Å². The SMILES string of the molecule is C=CCC(c1ccccc1)c1ccc(F)cc1. The van der Waals surface area contributed by atoms with Crippen LogP contribution in [0.25, 0.3) is 0 Å². The molecule has 0 N–H and O–H groups in total. The van der Waals surface area contributed by atoms with Gasteiger partial charge in [0.2, 0.25) is 0 Å². The van der Waals surface area contributed by atoms with Crippen LogP contribution < -0.4 is 0 Å². The zero-order valence-corrected chi connectivity index (χ0v) is 9.64. The van der Waals surface area contributed by atoms with Gasteiger partial charge in [-0.25, -0.2) is 4.39 Å². The van der Waals surface area contributed by atoms with E-state index in [2.05, 4.69) is 18.7 Å². The Morgan fingerprint density at radius 3 is 2.12 bits per heavy atom. The summed E-state index contributed by atoms with van der Waals surface area (Å²) in [6.07, 6.45) is 2.76. The Bertz CT molecular complexity index is 471. The molecule has 0 saturated heterocycles. The number of benzene rings is 2. The Hall–Kier alpha value is -1.89. The first kappa shape index (κ1) is 11.6. The minimum absolute atomic E-state index is 0.195. The molecule has 1 heteroatoms. The second kappa shape index (κ2) is 5.44. The molecule has 0 saturated carbocycles. The highest BCUT2D eigenvalue weighted by Crippen LogP contribution is 2.28. The molecule has 1 unspecified atom stereocenters. The van der Waals surface area contributed by atoms with Crippen molar-refractivity contribution in [3.63, 3.8) is 0 Å². The van der Waals surface area contributed by atoms with Crippen molar-refractivity contribution in [2.24, 2.45) is 0 Å². The van der Waals surface area contributed by atoms with E-state index < -0.39 is 0 Å². The molecule has 2 aromatic rings. The van der Waals surface area contributed by atoms with Gasteiger partial charge in [0.15, 0.2) is 0 Å². The maximum Gasteiger partial charge on any atom is 0.123 e. The van der Waals surface area contributed by atoms with Crippen LogP contribution >= 0.6 is 0 Å². The Kier molecular flexibility index (Phi) is 3.71. The molecular formula is C16H15F. The lowest BCUT2D eigenvalue weighted by molar-refractivity contribution is 0.626. The van der Waals surface area contributed by atoms with Crippen molar-refractivity contribution in [3.05, 3.63) is 84.2 Å². The average Bonchev–Trinajstić information content (AvgIpc) is 2.38. The fourth-order valence-electron chi connectivity index (χ4n) is 2.01. The first-order valence-electron chi connectivity index (χ1n) is 5.72. The van der Waals surface area contributed by atoms with E-state index in [1.807, 2.05) is 36.4 Å². The predicted octanol–water partition coefficient (Wildman–Crippen LogP) is 4.53. The van der Waals surface area contributed by atoms with E-state index >= 15 is 0 Å². The maximum atomic E-state index is 12.9. The molecule has 1 atom stereocenters. The van der Waals surface area contributed by atoms with Gasteiger partial charge in [-0.2, -0.15) is 0 Å². The summed E-state index contributed by atoms with van der Waals surface area (Å²) in [6, 6.07) is 16.9. The second-order valence-electron chi connectivity index (χ2n) is 4.04. The van der Waals surface area contributed by atoms with Crippen LogP contribution in [0.4, 0.5) is 4.39 Å². The van der Waals surface area contributed by atoms with Crippen LogP contribution in [0.15, 0.2) is 67.3 Å². The Morgan fingerprint density at radius 2 is 1.53 bits per heavy atom. The molecule has 0 aliphatic heterocycles. The molecule has 0 aliphatic carbocycles. The molecular weight excluding hydrogens is 211 g/mol. The largest absolute Gasteiger partial charge is 0.207 e. The molecule has 0 amide bonds. The Morgan fingerprint density at radius 1 is 0.941 bits per heavy atom. The monoisotopic (exact) mass is 226 g/mol. The normalized spacial score (nSPS) is 12.1. The molecule has 0 fully saturated rings. The Balaban J connectivity index is 2.35. The van der Waals surface area contributed by atoms with E-state index in [0.29, 0.717) is 0 Å². The van der Waals surface area contributed by atoms with Crippen molar-refractivity contribution in [1.82, 2.24) is 0 Å². The number of halogens is 1. The first-order valence-corrected chi connectivity index (χ1v) is 5.72. The highest BCUT2D eigenvalue weighted by Gasteiger charge is 2.11. The van der Waals surface area contributed by atoms with Gasteiger partial charge in [-0.1, -0.05) is 48.5 Å². The molecule has 86 valence electrons. The van der Waals surface area contributed by atoms with Gasteiger partial charge in [0, 0.05) is 5.92 Å². The van der Waals surface area contributed by atoms with E-state index in [4.69, 9.17) is 0 Å². The van der Waals surface area contributed by atoms with Gasteiger partial charge in [-0.15, -0.1) is 6.58 Å². The van der Waals surface area contributed by atoms with Crippen LogP contribution in [-0.4, -0.2) is 0 Å². The summed E-state index contributed by atoms with van der Waals surface area (Å²) >= 11 is 0. The third kappa shape index (κ3) is 2.82. The lowest BCUT2D eigenvalue weighted by atomic mass is 9.89. The lowest BCUT2D eigenvalue weighted by Gasteiger charge is -2.16.